The third kappa shape index (κ3) is 5.28. The minimum absolute atomic E-state index is 0.0286. The van der Waals surface area contributed by atoms with Crippen LogP contribution in [-0.2, 0) is 27.8 Å². The van der Waals surface area contributed by atoms with Crippen molar-refractivity contribution in [3.05, 3.63) is 94.2 Å². The van der Waals surface area contributed by atoms with Crippen molar-refractivity contribution in [3.63, 3.8) is 0 Å². The van der Waals surface area contributed by atoms with Gasteiger partial charge in [-0.1, -0.05) is 0 Å². The van der Waals surface area contributed by atoms with Crippen molar-refractivity contribution >= 4 is 26.9 Å². The van der Waals surface area contributed by atoms with Crippen molar-refractivity contribution in [2.24, 2.45) is 0 Å². The van der Waals surface area contributed by atoms with Gasteiger partial charge in [0, 0.05) is 18.2 Å². The summed E-state index contributed by atoms with van der Waals surface area (Å²) in [5.41, 5.74) is 0.668. The summed E-state index contributed by atoms with van der Waals surface area (Å²) < 4.78 is 43.8. The minimum atomic E-state index is -4.06. The van der Waals surface area contributed by atoms with Crippen LogP contribution in [0.2, 0.25) is 0 Å². The highest BCUT2D eigenvalue weighted by Gasteiger charge is 2.27. The first-order valence-electron chi connectivity index (χ1n) is 10.8. The second kappa shape index (κ2) is 10.2. The molecule has 10 heteroatoms. The number of pyridine rings is 1. The molecule has 0 unspecified atom stereocenters. The van der Waals surface area contributed by atoms with Crippen LogP contribution in [0.3, 0.4) is 0 Å². The van der Waals surface area contributed by atoms with E-state index in [1.807, 2.05) is 0 Å². The van der Waals surface area contributed by atoms with Crippen molar-refractivity contribution in [1.29, 1.82) is 0 Å². The summed E-state index contributed by atoms with van der Waals surface area (Å²) in [6.07, 6.45) is 1.45. The fourth-order valence-corrected chi connectivity index (χ4v) is 4.97. The number of hydrogen-bond donors (Lipinski definition) is 1. The number of benzene rings is 2. The summed E-state index contributed by atoms with van der Waals surface area (Å²) in [4.78, 5) is 27.5. The molecule has 0 saturated heterocycles. The zero-order valence-corrected chi connectivity index (χ0v) is 20.0. The Labute approximate surface area is 202 Å². The number of H-pyrrole nitrogens is 1. The highest BCUT2D eigenvalue weighted by atomic mass is 32.2. The molecule has 9 nitrogen and oxygen atoms in total. The van der Waals surface area contributed by atoms with E-state index in [9.17, 15) is 18.0 Å². The number of aromatic amines is 1. The quantitative estimate of drug-likeness (QED) is 0.351. The van der Waals surface area contributed by atoms with E-state index >= 15 is 0 Å². The number of rotatable bonds is 9. The lowest BCUT2D eigenvalue weighted by molar-refractivity contribution is 0.0526. The van der Waals surface area contributed by atoms with Crippen LogP contribution < -0.4 is 10.3 Å². The van der Waals surface area contributed by atoms with Gasteiger partial charge < -0.3 is 18.9 Å². The molecule has 0 saturated carbocycles. The number of furan rings is 1. The maximum Gasteiger partial charge on any atom is 0.338 e. The first-order chi connectivity index (χ1) is 16.8. The molecule has 0 aliphatic carbocycles. The average molecular weight is 497 g/mol. The number of carbonyl (C=O) groups excluding carboxylic acids is 1. The molecule has 0 amide bonds. The third-order valence-electron chi connectivity index (χ3n) is 5.39. The van der Waals surface area contributed by atoms with E-state index in [1.165, 1.54) is 37.6 Å². The molecule has 35 heavy (non-hydrogen) atoms. The van der Waals surface area contributed by atoms with Gasteiger partial charge in [-0.25, -0.2) is 13.2 Å². The summed E-state index contributed by atoms with van der Waals surface area (Å²) in [6, 6.07) is 15.7. The maximum absolute atomic E-state index is 13.6. The van der Waals surface area contributed by atoms with Crippen molar-refractivity contribution < 1.29 is 27.1 Å². The van der Waals surface area contributed by atoms with Gasteiger partial charge in [0.2, 0.25) is 10.0 Å². The molecular weight excluding hydrogens is 472 g/mol. The second-order valence-corrected chi connectivity index (χ2v) is 9.61. The van der Waals surface area contributed by atoms with Crippen molar-refractivity contribution in [3.8, 4) is 5.75 Å². The van der Waals surface area contributed by atoms with Crippen LogP contribution in [0.4, 0.5) is 0 Å². The lowest BCUT2D eigenvalue weighted by Gasteiger charge is -2.21. The molecule has 2 aromatic heterocycles. The van der Waals surface area contributed by atoms with Crippen LogP contribution >= 0.6 is 0 Å². The number of carbonyl (C=O) groups is 1. The van der Waals surface area contributed by atoms with E-state index < -0.39 is 21.6 Å². The molecule has 1 N–H and O–H groups in total. The number of ether oxygens (including phenoxy) is 2. The Bertz CT molecular complexity index is 1490. The van der Waals surface area contributed by atoms with Gasteiger partial charge in [-0.15, -0.1) is 0 Å². The standard InChI is InChI=1S/C25H24N2O7S/c1-3-33-25(29)17-7-10-22(11-8-17)35(30,31)27(16-21-5-4-12-34-21)15-19-13-18-6-9-20(32-2)14-23(18)26-24(19)28/h4-14H,3,15-16H2,1-2H3,(H,26,28). The highest BCUT2D eigenvalue weighted by Crippen LogP contribution is 2.23. The molecule has 4 rings (SSSR count). The molecule has 2 aromatic carbocycles. The number of sulfonamides is 1. The van der Waals surface area contributed by atoms with Gasteiger partial charge in [-0.2, -0.15) is 4.31 Å². The molecule has 0 atom stereocenters. The van der Waals surface area contributed by atoms with E-state index in [0.29, 0.717) is 17.0 Å². The Morgan fingerprint density at radius 1 is 1.06 bits per heavy atom. The molecular formula is C25H24N2O7S. The normalized spacial score (nSPS) is 11.6. The molecule has 0 aliphatic heterocycles. The van der Waals surface area contributed by atoms with Gasteiger partial charge in [0.1, 0.15) is 11.5 Å². The Kier molecular flexibility index (Phi) is 7.04. The van der Waals surface area contributed by atoms with Gasteiger partial charge >= 0.3 is 5.97 Å². The first kappa shape index (κ1) is 24.2. The largest absolute Gasteiger partial charge is 0.497 e. The Morgan fingerprint density at radius 3 is 2.49 bits per heavy atom. The van der Waals surface area contributed by atoms with Crippen LogP contribution in [0.1, 0.15) is 28.6 Å². The first-order valence-corrected chi connectivity index (χ1v) is 12.3. The molecule has 0 aliphatic rings. The highest BCUT2D eigenvalue weighted by molar-refractivity contribution is 7.89. The number of fused-ring (bicyclic) bond motifs is 1. The van der Waals surface area contributed by atoms with E-state index in [0.717, 1.165) is 9.69 Å². The van der Waals surface area contributed by atoms with Gasteiger partial charge in [0.05, 0.1) is 42.5 Å². The molecule has 0 radical (unpaired) electrons. The minimum Gasteiger partial charge on any atom is -0.497 e. The average Bonchev–Trinajstić information content (AvgIpc) is 3.37. The van der Waals surface area contributed by atoms with E-state index in [1.54, 1.807) is 43.3 Å². The number of aromatic nitrogens is 1. The van der Waals surface area contributed by atoms with E-state index in [2.05, 4.69) is 4.98 Å². The zero-order valence-electron chi connectivity index (χ0n) is 19.2. The fraction of sp³-hybridized carbons (Fsp3) is 0.200. The predicted octanol–water partition coefficient (Wildman–Crippen LogP) is 3.70. The molecule has 0 bridgehead atoms. The maximum atomic E-state index is 13.6. The number of methoxy groups -OCH3 is 1. The fourth-order valence-electron chi connectivity index (χ4n) is 3.59. The van der Waals surface area contributed by atoms with Crippen LogP contribution in [0, 0.1) is 0 Å². The Hall–Kier alpha value is -3.89. The lowest BCUT2D eigenvalue weighted by Crippen LogP contribution is -2.32. The van der Waals surface area contributed by atoms with Gasteiger partial charge in [0.25, 0.3) is 5.56 Å². The molecule has 182 valence electrons. The topological polar surface area (TPSA) is 119 Å². The molecule has 4 aromatic rings. The van der Waals surface area contributed by atoms with Gasteiger partial charge in [0.15, 0.2) is 0 Å². The third-order valence-corrected chi connectivity index (χ3v) is 7.20. The SMILES string of the molecule is CCOC(=O)c1ccc(S(=O)(=O)N(Cc2ccco2)Cc2cc3ccc(OC)cc3[nH]c2=O)cc1. The number of nitrogens with zero attached hydrogens (tertiary/aromatic N) is 1. The lowest BCUT2D eigenvalue weighted by atomic mass is 10.1. The summed E-state index contributed by atoms with van der Waals surface area (Å²) in [5, 5.41) is 0.731. The monoisotopic (exact) mass is 496 g/mol. The van der Waals surface area contributed by atoms with Crippen LogP contribution in [0.25, 0.3) is 10.9 Å². The van der Waals surface area contributed by atoms with Crippen LogP contribution in [-0.4, -0.2) is 37.4 Å². The Morgan fingerprint density at radius 2 is 1.83 bits per heavy atom. The summed E-state index contributed by atoms with van der Waals surface area (Å²) in [5.74, 6) is 0.469. The predicted molar refractivity (Wildman–Crippen MR) is 129 cm³/mol. The van der Waals surface area contributed by atoms with Crippen LogP contribution in [0.5, 0.6) is 5.75 Å². The van der Waals surface area contributed by atoms with E-state index in [4.69, 9.17) is 13.9 Å². The summed E-state index contributed by atoms with van der Waals surface area (Å²) in [6.45, 7) is 1.62. The van der Waals surface area contributed by atoms with Crippen molar-refractivity contribution in [2.45, 2.75) is 24.9 Å². The van der Waals surface area contributed by atoms with Gasteiger partial charge in [-0.3, -0.25) is 4.79 Å². The Balaban J connectivity index is 1.70. The van der Waals surface area contributed by atoms with Crippen molar-refractivity contribution in [1.82, 2.24) is 9.29 Å². The second-order valence-electron chi connectivity index (χ2n) is 7.67. The number of nitrogens with one attached hydrogen (secondary N) is 1. The van der Waals surface area contributed by atoms with Gasteiger partial charge in [-0.05, 0) is 66.9 Å². The summed E-state index contributed by atoms with van der Waals surface area (Å²) in [7, 11) is -2.53. The van der Waals surface area contributed by atoms with Crippen LogP contribution in [0.15, 0.2) is 81.0 Å². The molecule has 2 heterocycles. The summed E-state index contributed by atoms with van der Waals surface area (Å²) >= 11 is 0. The van der Waals surface area contributed by atoms with Crippen molar-refractivity contribution in [2.75, 3.05) is 13.7 Å². The van der Waals surface area contributed by atoms with E-state index in [-0.39, 0.29) is 35.7 Å². The number of esters is 1. The smallest absolute Gasteiger partial charge is 0.338 e. The molecule has 0 spiro atoms. The molecule has 0 fully saturated rings. The number of hydrogen-bond acceptors (Lipinski definition) is 7. The zero-order chi connectivity index (χ0) is 25.0.